The number of hydrogen-bond donors (Lipinski definition) is 0. The molecule has 2 aromatic carbocycles. The van der Waals surface area contributed by atoms with E-state index < -0.39 is 22.6 Å². The predicted octanol–water partition coefficient (Wildman–Crippen LogP) is 3.47. The van der Waals surface area contributed by atoms with Crippen LogP contribution >= 0.6 is 11.6 Å². The van der Waals surface area contributed by atoms with Crippen LogP contribution in [0.15, 0.2) is 66.1 Å². The normalized spacial score (nSPS) is 10.9. The summed E-state index contributed by atoms with van der Waals surface area (Å²) >= 11 is 6.11. The first-order chi connectivity index (χ1) is 12.8. The number of benzene rings is 2. The number of esters is 1. The molecule has 8 heteroatoms. The van der Waals surface area contributed by atoms with E-state index in [1.165, 1.54) is 25.1 Å². The van der Waals surface area contributed by atoms with E-state index >= 15 is 0 Å². The Morgan fingerprint density at radius 3 is 2.44 bits per heavy atom. The third-order valence-electron chi connectivity index (χ3n) is 3.48. The van der Waals surface area contributed by atoms with E-state index in [4.69, 9.17) is 16.3 Å². The summed E-state index contributed by atoms with van der Waals surface area (Å²) in [6.45, 7) is 4.50. The summed E-state index contributed by atoms with van der Waals surface area (Å²) in [5, 5.41) is -0.0388. The summed E-state index contributed by atoms with van der Waals surface area (Å²) in [5.74, 6) is -1.14. The van der Waals surface area contributed by atoms with Gasteiger partial charge in [0.15, 0.2) is 5.78 Å². The van der Waals surface area contributed by atoms with Gasteiger partial charge in [0.2, 0.25) is 0 Å². The molecule has 27 heavy (non-hydrogen) atoms. The van der Waals surface area contributed by atoms with Gasteiger partial charge in [0.1, 0.15) is 11.5 Å². The Bertz CT molecular complexity index is 957. The summed E-state index contributed by atoms with van der Waals surface area (Å²) in [4.78, 5) is 22.8. The molecule has 0 aliphatic carbocycles. The maximum atomic E-state index is 13.2. The van der Waals surface area contributed by atoms with Gasteiger partial charge in [-0.25, -0.2) is 13.2 Å². The summed E-state index contributed by atoms with van der Waals surface area (Å²) in [6, 6.07) is 12.2. The molecule has 142 valence electrons. The van der Waals surface area contributed by atoms with Crippen LogP contribution in [0.25, 0.3) is 0 Å². The summed E-state index contributed by atoms with van der Waals surface area (Å²) in [6.07, 6.45) is 1.45. The summed E-state index contributed by atoms with van der Waals surface area (Å²) in [7, 11) is -4.08. The molecule has 0 aliphatic rings. The fourth-order valence-corrected chi connectivity index (χ4v) is 4.19. The molecule has 0 aromatic heterocycles. The smallest absolute Gasteiger partial charge is 0.338 e. The summed E-state index contributed by atoms with van der Waals surface area (Å²) in [5.41, 5.74) is 0.406. The highest BCUT2D eigenvalue weighted by molar-refractivity contribution is 7.93. The first-order valence-electron chi connectivity index (χ1n) is 7.92. The van der Waals surface area contributed by atoms with Gasteiger partial charge < -0.3 is 4.74 Å². The standard InChI is InChI=1S/C19H18ClNO5S/c1-3-11-21(16-7-5-4-6-8-16)27(24,25)18-12-15(9-10-17(18)20)19(23)26-13-14(2)22/h3-10,12H,1,11,13H2,2H3. The van der Waals surface area contributed by atoms with E-state index in [1.54, 1.807) is 30.3 Å². The molecule has 0 heterocycles. The molecule has 0 atom stereocenters. The highest BCUT2D eigenvalue weighted by Crippen LogP contribution is 2.29. The van der Waals surface area contributed by atoms with Crippen molar-refractivity contribution in [1.29, 1.82) is 0 Å². The van der Waals surface area contributed by atoms with Crippen molar-refractivity contribution >= 4 is 39.1 Å². The van der Waals surface area contributed by atoms with E-state index in [1.807, 2.05) is 0 Å². The lowest BCUT2D eigenvalue weighted by molar-refractivity contribution is -0.120. The Hall–Kier alpha value is -2.64. The molecule has 0 amide bonds. The van der Waals surface area contributed by atoms with Gasteiger partial charge in [0.25, 0.3) is 10.0 Å². The van der Waals surface area contributed by atoms with Crippen LogP contribution in [-0.2, 0) is 19.6 Å². The monoisotopic (exact) mass is 407 g/mol. The van der Waals surface area contributed by atoms with Crippen molar-refractivity contribution in [2.75, 3.05) is 17.5 Å². The minimum atomic E-state index is -4.08. The predicted molar refractivity (Wildman–Crippen MR) is 104 cm³/mol. The van der Waals surface area contributed by atoms with Crippen LogP contribution in [0.1, 0.15) is 17.3 Å². The van der Waals surface area contributed by atoms with E-state index in [0.29, 0.717) is 5.69 Å². The van der Waals surface area contributed by atoms with E-state index in [9.17, 15) is 18.0 Å². The van der Waals surface area contributed by atoms with Gasteiger partial charge in [-0.05, 0) is 37.3 Å². The molecule has 0 aliphatic heterocycles. The number of para-hydroxylation sites is 1. The second-order valence-electron chi connectivity index (χ2n) is 5.58. The van der Waals surface area contributed by atoms with Gasteiger partial charge in [-0.3, -0.25) is 9.10 Å². The molecule has 0 unspecified atom stereocenters. The van der Waals surface area contributed by atoms with Crippen molar-refractivity contribution in [2.24, 2.45) is 0 Å². The summed E-state index contributed by atoms with van der Waals surface area (Å²) < 4.78 is 32.3. The minimum absolute atomic E-state index is 0.0156. The third kappa shape index (κ3) is 4.96. The molecule has 0 saturated heterocycles. The van der Waals surface area contributed by atoms with Gasteiger partial charge in [0.05, 0.1) is 22.8 Å². The molecule has 2 aromatic rings. The van der Waals surface area contributed by atoms with Gasteiger partial charge in [-0.1, -0.05) is 35.9 Å². The Labute approximate surface area is 163 Å². The Kier molecular flexibility index (Phi) is 6.76. The number of hydrogen-bond acceptors (Lipinski definition) is 5. The van der Waals surface area contributed by atoms with Crippen LogP contribution in [0.5, 0.6) is 0 Å². The van der Waals surface area contributed by atoms with Crippen LogP contribution in [-0.4, -0.2) is 33.3 Å². The number of nitrogens with zero attached hydrogens (tertiary/aromatic N) is 1. The number of rotatable bonds is 8. The molecule has 2 rings (SSSR count). The average Bonchev–Trinajstić information content (AvgIpc) is 2.64. The lowest BCUT2D eigenvalue weighted by Gasteiger charge is -2.23. The van der Waals surface area contributed by atoms with Crippen molar-refractivity contribution in [2.45, 2.75) is 11.8 Å². The highest BCUT2D eigenvalue weighted by atomic mass is 35.5. The molecule has 0 bridgehead atoms. The molecule has 0 spiro atoms. The second kappa shape index (κ2) is 8.83. The number of Topliss-reactive ketones (excluding diaryl/α,β-unsaturated/α-hetero) is 1. The van der Waals surface area contributed by atoms with Gasteiger partial charge in [-0.2, -0.15) is 0 Å². The number of sulfonamides is 1. The van der Waals surface area contributed by atoms with Crippen molar-refractivity contribution in [3.8, 4) is 0 Å². The number of carbonyl (C=O) groups is 2. The SMILES string of the molecule is C=CCN(c1ccccc1)S(=O)(=O)c1cc(C(=O)OCC(C)=O)ccc1Cl. The van der Waals surface area contributed by atoms with Gasteiger partial charge >= 0.3 is 5.97 Å². The Morgan fingerprint density at radius 2 is 1.85 bits per heavy atom. The maximum absolute atomic E-state index is 13.2. The minimum Gasteiger partial charge on any atom is -0.454 e. The average molecular weight is 408 g/mol. The highest BCUT2D eigenvalue weighted by Gasteiger charge is 2.27. The fraction of sp³-hybridized carbons (Fsp3) is 0.158. The van der Waals surface area contributed by atoms with Crippen LogP contribution in [0.3, 0.4) is 0 Å². The molecule has 0 N–H and O–H groups in total. The first kappa shape index (κ1) is 20.7. The zero-order chi connectivity index (χ0) is 20.0. The Balaban J connectivity index is 2.47. The number of halogens is 1. The van der Waals surface area contributed by atoms with Gasteiger partial charge in [-0.15, -0.1) is 6.58 Å². The molecule has 0 fully saturated rings. The van der Waals surface area contributed by atoms with E-state index in [0.717, 1.165) is 10.4 Å². The van der Waals surface area contributed by atoms with Crippen LogP contribution in [0.2, 0.25) is 5.02 Å². The van der Waals surface area contributed by atoms with E-state index in [2.05, 4.69) is 6.58 Å². The van der Waals surface area contributed by atoms with Crippen LogP contribution in [0.4, 0.5) is 5.69 Å². The topological polar surface area (TPSA) is 80.8 Å². The zero-order valence-electron chi connectivity index (χ0n) is 14.6. The lowest BCUT2D eigenvalue weighted by Crippen LogP contribution is -2.31. The number of anilines is 1. The Morgan fingerprint density at radius 1 is 1.19 bits per heavy atom. The third-order valence-corrected chi connectivity index (χ3v) is 5.76. The number of ketones is 1. The molecule has 0 radical (unpaired) electrons. The maximum Gasteiger partial charge on any atom is 0.338 e. The molecule has 6 nitrogen and oxygen atoms in total. The van der Waals surface area contributed by atoms with Crippen molar-refractivity contribution in [3.63, 3.8) is 0 Å². The number of carbonyl (C=O) groups excluding carboxylic acids is 2. The van der Waals surface area contributed by atoms with Crippen LogP contribution in [0, 0.1) is 0 Å². The molecular weight excluding hydrogens is 390 g/mol. The van der Waals surface area contributed by atoms with E-state index in [-0.39, 0.29) is 27.8 Å². The largest absolute Gasteiger partial charge is 0.454 e. The van der Waals surface area contributed by atoms with Crippen molar-refractivity contribution < 1.29 is 22.7 Å². The van der Waals surface area contributed by atoms with Crippen LogP contribution < -0.4 is 4.31 Å². The van der Waals surface area contributed by atoms with Crippen molar-refractivity contribution in [3.05, 3.63) is 71.8 Å². The molecular formula is C19H18ClNO5S. The zero-order valence-corrected chi connectivity index (χ0v) is 16.2. The second-order valence-corrected chi connectivity index (χ2v) is 7.82. The quantitative estimate of drug-likeness (QED) is 0.494. The number of ether oxygens (including phenoxy) is 1. The lowest BCUT2D eigenvalue weighted by atomic mass is 10.2. The van der Waals surface area contributed by atoms with Gasteiger partial charge in [0, 0.05) is 0 Å². The first-order valence-corrected chi connectivity index (χ1v) is 9.74. The fourth-order valence-electron chi connectivity index (χ4n) is 2.25. The molecule has 0 saturated carbocycles. The van der Waals surface area contributed by atoms with Crippen molar-refractivity contribution in [1.82, 2.24) is 0 Å².